The van der Waals surface area contributed by atoms with Crippen molar-refractivity contribution >= 4 is 5.78 Å². The number of Topliss-reactive ketones (excluding diaryl/α,β-unsaturated/α-hetero) is 1. The topological polar surface area (TPSA) is 26.3 Å². The molecule has 0 saturated carbocycles. The Morgan fingerprint density at radius 2 is 1.73 bits per heavy atom. The highest BCUT2D eigenvalue weighted by Crippen LogP contribution is 2.27. The number of ether oxygens (including phenoxy) is 1. The van der Waals surface area contributed by atoms with E-state index in [1.54, 1.807) is 7.11 Å². The quantitative estimate of drug-likeness (QED) is 0.675. The molecule has 0 N–H and O–H groups in total. The highest BCUT2D eigenvalue weighted by molar-refractivity contribution is 5.84. The molecule has 0 aliphatic rings. The molecule has 0 aliphatic carbocycles. The van der Waals surface area contributed by atoms with Gasteiger partial charge in [0, 0.05) is 18.9 Å². The Labute approximate surface area is 94.4 Å². The van der Waals surface area contributed by atoms with E-state index in [4.69, 9.17) is 4.74 Å². The van der Waals surface area contributed by atoms with Crippen molar-refractivity contribution in [3.63, 3.8) is 0 Å². The molecular weight excluding hydrogens is 188 g/mol. The van der Waals surface area contributed by atoms with Crippen molar-refractivity contribution in [2.75, 3.05) is 7.11 Å². The molecule has 0 bridgehead atoms. The summed E-state index contributed by atoms with van der Waals surface area (Å²) < 4.78 is 5.48. The van der Waals surface area contributed by atoms with Gasteiger partial charge in [0.05, 0.1) is 5.60 Å². The zero-order valence-electron chi connectivity index (χ0n) is 11.1. The molecule has 0 aromatic rings. The number of methoxy groups -OCH3 is 1. The zero-order chi connectivity index (χ0) is 12.1. The summed E-state index contributed by atoms with van der Waals surface area (Å²) in [7, 11) is 1.70. The number of carbonyl (C=O) groups excluding carboxylic acids is 1. The molecule has 0 aromatic heterocycles. The van der Waals surface area contributed by atoms with Gasteiger partial charge >= 0.3 is 0 Å². The molecule has 1 unspecified atom stereocenters. The third-order valence-corrected chi connectivity index (χ3v) is 2.92. The first kappa shape index (κ1) is 14.6. The second-order valence-corrected chi connectivity index (χ2v) is 5.61. The summed E-state index contributed by atoms with van der Waals surface area (Å²) >= 11 is 0. The summed E-state index contributed by atoms with van der Waals surface area (Å²) in [5.74, 6) is 0.281. The molecule has 90 valence electrons. The first-order valence-electron chi connectivity index (χ1n) is 5.83. The Morgan fingerprint density at radius 1 is 1.20 bits per heavy atom. The van der Waals surface area contributed by atoms with Gasteiger partial charge in [0.1, 0.15) is 5.78 Å². The molecule has 0 amide bonds. The van der Waals surface area contributed by atoms with Gasteiger partial charge in [-0.25, -0.2) is 0 Å². The van der Waals surface area contributed by atoms with E-state index in [0.717, 1.165) is 19.3 Å². The van der Waals surface area contributed by atoms with Crippen LogP contribution >= 0.6 is 0 Å². The summed E-state index contributed by atoms with van der Waals surface area (Å²) in [4.78, 5) is 11.9. The van der Waals surface area contributed by atoms with Crippen LogP contribution in [-0.4, -0.2) is 18.5 Å². The fourth-order valence-electron chi connectivity index (χ4n) is 1.42. The molecule has 2 heteroatoms. The van der Waals surface area contributed by atoms with Crippen molar-refractivity contribution in [3.05, 3.63) is 0 Å². The first-order valence-corrected chi connectivity index (χ1v) is 5.83. The predicted molar refractivity (Wildman–Crippen MR) is 64.0 cm³/mol. The maximum absolute atomic E-state index is 11.9. The Morgan fingerprint density at radius 3 is 2.07 bits per heavy atom. The maximum atomic E-state index is 11.9. The van der Waals surface area contributed by atoms with Gasteiger partial charge in [-0.05, 0) is 13.3 Å². The monoisotopic (exact) mass is 214 g/mol. The molecule has 0 aromatic carbocycles. The number of hydrogen-bond acceptors (Lipinski definition) is 2. The molecule has 0 aliphatic heterocycles. The van der Waals surface area contributed by atoms with Crippen molar-refractivity contribution in [2.45, 2.75) is 65.9 Å². The van der Waals surface area contributed by atoms with Crippen molar-refractivity contribution < 1.29 is 9.53 Å². The highest BCUT2D eigenvalue weighted by Gasteiger charge is 2.31. The van der Waals surface area contributed by atoms with Gasteiger partial charge in [0.2, 0.25) is 0 Å². The van der Waals surface area contributed by atoms with E-state index >= 15 is 0 Å². The molecule has 0 radical (unpaired) electrons. The van der Waals surface area contributed by atoms with Gasteiger partial charge in [0.25, 0.3) is 0 Å². The maximum Gasteiger partial charge on any atom is 0.141 e. The van der Waals surface area contributed by atoms with Crippen LogP contribution in [0.4, 0.5) is 0 Å². The SMILES string of the molecule is CCCCC(C)(CC(=O)C(C)(C)C)OC. The van der Waals surface area contributed by atoms with Crippen LogP contribution in [0.3, 0.4) is 0 Å². The van der Waals surface area contributed by atoms with Crippen LogP contribution in [-0.2, 0) is 9.53 Å². The van der Waals surface area contributed by atoms with Crippen LogP contribution in [0, 0.1) is 5.41 Å². The number of ketones is 1. The number of carbonyl (C=O) groups is 1. The second kappa shape index (κ2) is 5.64. The standard InChI is InChI=1S/C13H26O2/c1-7-8-9-13(5,15-6)10-11(14)12(2,3)4/h7-10H2,1-6H3. The van der Waals surface area contributed by atoms with Crippen LogP contribution in [0.2, 0.25) is 0 Å². The summed E-state index contributed by atoms with van der Waals surface area (Å²) in [5.41, 5.74) is -0.535. The molecule has 0 rings (SSSR count). The van der Waals surface area contributed by atoms with E-state index in [-0.39, 0.29) is 16.8 Å². The van der Waals surface area contributed by atoms with E-state index < -0.39 is 0 Å². The van der Waals surface area contributed by atoms with Gasteiger partial charge in [0.15, 0.2) is 0 Å². The summed E-state index contributed by atoms with van der Waals surface area (Å²) in [6.07, 6.45) is 3.74. The molecule has 0 fully saturated rings. The second-order valence-electron chi connectivity index (χ2n) is 5.61. The number of unbranched alkanes of at least 4 members (excludes halogenated alkanes) is 1. The van der Waals surface area contributed by atoms with Crippen molar-refractivity contribution in [2.24, 2.45) is 5.41 Å². The minimum Gasteiger partial charge on any atom is -0.378 e. The molecule has 2 nitrogen and oxygen atoms in total. The third kappa shape index (κ3) is 5.31. The van der Waals surface area contributed by atoms with E-state index in [0.29, 0.717) is 6.42 Å². The van der Waals surface area contributed by atoms with Crippen LogP contribution in [0.1, 0.15) is 60.3 Å². The first-order chi connectivity index (χ1) is 6.75. The normalized spacial score (nSPS) is 16.1. The smallest absolute Gasteiger partial charge is 0.141 e. The average molecular weight is 214 g/mol. The van der Waals surface area contributed by atoms with Crippen LogP contribution in [0.25, 0.3) is 0 Å². The molecule has 0 saturated heterocycles. The Kier molecular flexibility index (Phi) is 5.50. The van der Waals surface area contributed by atoms with Gasteiger partial charge in [-0.1, -0.05) is 40.5 Å². The third-order valence-electron chi connectivity index (χ3n) is 2.92. The lowest BCUT2D eigenvalue weighted by molar-refractivity contribution is -0.132. The Bertz CT molecular complexity index is 203. The van der Waals surface area contributed by atoms with E-state index in [1.165, 1.54) is 0 Å². The fourth-order valence-corrected chi connectivity index (χ4v) is 1.42. The van der Waals surface area contributed by atoms with Crippen molar-refractivity contribution in [1.29, 1.82) is 0 Å². The lowest BCUT2D eigenvalue weighted by Crippen LogP contribution is -2.35. The van der Waals surface area contributed by atoms with Gasteiger partial charge < -0.3 is 4.74 Å². The largest absolute Gasteiger partial charge is 0.378 e. The summed E-state index contributed by atoms with van der Waals surface area (Å²) in [5, 5.41) is 0. The average Bonchev–Trinajstić information content (AvgIpc) is 2.13. The van der Waals surface area contributed by atoms with Crippen molar-refractivity contribution in [3.8, 4) is 0 Å². The molecule has 1 atom stereocenters. The van der Waals surface area contributed by atoms with E-state index in [2.05, 4.69) is 6.92 Å². The van der Waals surface area contributed by atoms with Crippen LogP contribution in [0.15, 0.2) is 0 Å². The van der Waals surface area contributed by atoms with Crippen LogP contribution in [0.5, 0.6) is 0 Å². The minimum absolute atomic E-state index is 0.258. The highest BCUT2D eigenvalue weighted by atomic mass is 16.5. The van der Waals surface area contributed by atoms with Crippen molar-refractivity contribution in [1.82, 2.24) is 0 Å². The lowest BCUT2D eigenvalue weighted by atomic mass is 9.82. The van der Waals surface area contributed by atoms with Gasteiger partial charge in [-0.15, -0.1) is 0 Å². The Balaban J connectivity index is 4.37. The Hall–Kier alpha value is -0.370. The molecule has 0 heterocycles. The summed E-state index contributed by atoms with van der Waals surface area (Å²) in [6, 6.07) is 0. The lowest BCUT2D eigenvalue weighted by Gasteiger charge is -2.30. The fraction of sp³-hybridized carbons (Fsp3) is 0.923. The minimum atomic E-state index is -0.277. The van der Waals surface area contributed by atoms with E-state index in [1.807, 2.05) is 27.7 Å². The summed E-state index contributed by atoms with van der Waals surface area (Å²) in [6.45, 7) is 10.1. The molecule has 0 spiro atoms. The zero-order valence-corrected chi connectivity index (χ0v) is 11.1. The number of rotatable bonds is 6. The molecule has 15 heavy (non-hydrogen) atoms. The van der Waals surface area contributed by atoms with Gasteiger partial charge in [-0.2, -0.15) is 0 Å². The number of hydrogen-bond donors (Lipinski definition) is 0. The molecular formula is C13H26O2. The van der Waals surface area contributed by atoms with Crippen LogP contribution < -0.4 is 0 Å². The van der Waals surface area contributed by atoms with E-state index in [9.17, 15) is 4.79 Å². The van der Waals surface area contributed by atoms with Gasteiger partial charge in [-0.3, -0.25) is 4.79 Å². The predicted octanol–water partition coefficient (Wildman–Crippen LogP) is 3.59.